The van der Waals surface area contributed by atoms with Gasteiger partial charge in [0.1, 0.15) is 0 Å². The molecule has 2 aromatic carbocycles. The fraction of sp³-hybridized carbons (Fsp3) is 0.318. The molecule has 3 rings (SSSR count). The lowest BCUT2D eigenvalue weighted by molar-refractivity contribution is -0.120. The van der Waals surface area contributed by atoms with E-state index < -0.39 is 11.8 Å². The molecule has 0 radical (unpaired) electrons. The third-order valence-electron chi connectivity index (χ3n) is 4.97. The highest BCUT2D eigenvalue weighted by molar-refractivity contribution is 5.97. The van der Waals surface area contributed by atoms with Crippen molar-refractivity contribution >= 4 is 18.0 Å². The number of hydrogen-bond donors (Lipinski definition) is 4. The first kappa shape index (κ1) is 23.0. The van der Waals surface area contributed by atoms with E-state index in [0.29, 0.717) is 23.8 Å². The number of ether oxygens (including phenoxy) is 3. The minimum Gasteiger partial charge on any atom is -0.493 e. The number of rotatable bonds is 9. The van der Waals surface area contributed by atoms with Crippen LogP contribution in [0.5, 0.6) is 17.2 Å². The standard InChI is InChI=1S/C22H27N5O5/c1-30-17-9-15(10-18(31-2)21(17)32-3)22(29)23-13-19(28)26-24-11-16-12-25-27-20(16)14-7-5-4-6-8-14/h4-11,16,20,25,27H,12-13H2,1-3H3,(H,23,29)(H,26,28)/b24-11+. The second-order valence-corrected chi connectivity index (χ2v) is 6.99. The summed E-state index contributed by atoms with van der Waals surface area (Å²) in [5, 5.41) is 6.60. The molecule has 1 aliphatic rings. The summed E-state index contributed by atoms with van der Waals surface area (Å²) < 4.78 is 15.7. The van der Waals surface area contributed by atoms with Gasteiger partial charge < -0.3 is 19.5 Å². The number of carbonyl (C=O) groups excluding carboxylic acids is 2. The smallest absolute Gasteiger partial charge is 0.259 e. The molecule has 170 valence electrons. The number of methoxy groups -OCH3 is 3. The van der Waals surface area contributed by atoms with Crippen molar-refractivity contribution in [1.82, 2.24) is 21.6 Å². The molecule has 2 amide bonds. The summed E-state index contributed by atoms with van der Waals surface area (Å²) in [6, 6.07) is 13.0. The fourth-order valence-electron chi connectivity index (χ4n) is 3.36. The van der Waals surface area contributed by atoms with Crippen molar-refractivity contribution in [3.8, 4) is 17.2 Å². The van der Waals surface area contributed by atoms with E-state index in [1.807, 2.05) is 30.3 Å². The first-order valence-corrected chi connectivity index (χ1v) is 10.0. The lowest BCUT2D eigenvalue weighted by Crippen LogP contribution is -2.35. The molecular formula is C22H27N5O5. The number of nitrogens with one attached hydrogen (secondary N) is 4. The van der Waals surface area contributed by atoms with E-state index in [-0.39, 0.29) is 24.1 Å². The summed E-state index contributed by atoms with van der Waals surface area (Å²) in [6.07, 6.45) is 1.68. The van der Waals surface area contributed by atoms with Crippen LogP contribution in [0.25, 0.3) is 0 Å². The number of benzene rings is 2. The molecule has 2 atom stereocenters. The summed E-state index contributed by atoms with van der Waals surface area (Å²) in [5.41, 5.74) is 10.1. The molecule has 1 fully saturated rings. The van der Waals surface area contributed by atoms with Gasteiger partial charge in [0.2, 0.25) is 5.75 Å². The van der Waals surface area contributed by atoms with Crippen molar-refractivity contribution in [1.29, 1.82) is 0 Å². The molecule has 1 heterocycles. The Morgan fingerprint density at radius 1 is 1.09 bits per heavy atom. The lowest BCUT2D eigenvalue weighted by atomic mass is 9.96. The van der Waals surface area contributed by atoms with Gasteiger partial charge in [0.15, 0.2) is 11.5 Å². The third kappa shape index (κ3) is 5.54. The van der Waals surface area contributed by atoms with Gasteiger partial charge in [0.25, 0.3) is 11.8 Å². The Kier molecular flexibility index (Phi) is 8.01. The highest BCUT2D eigenvalue weighted by Crippen LogP contribution is 2.38. The zero-order valence-electron chi connectivity index (χ0n) is 18.2. The molecule has 32 heavy (non-hydrogen) atoms. The lowest BCUT2D eigenvalue weighted by Gasteiger charge is -2.15. The fourth-order valence-corrected chi connectivity index (χ4v) is 3.36. The van der Waals surface area contributed by atoms with E-state index >= 15 is 0 Å². The molecule has 1 aliphatic heterocycles. The summed E-state index contributed by atoms with van der Waals surface area (Å²) in [6.45, 7) is 0.437. The number of hydrogen-bond acceptors (Lipinski definition) is 8. The van der Waals surface area contributed by atoms with Gasteiger partial charge in [-0.15, -0.1) is 0 Å². The van der Waals surface area contributed by atoms with E-state index in [9.17, 15) is 9.59 Å². The number of nitrogens with zero attached hydrogens (tertiary/aromatic N) is 1. The van der Waals surface area contributed by atoms with Crippen molar-refractivity contribution < 1.29 is 23.8 Å². The molecule has 0 aliphatic carbocycles. The SMILES string of the molecule is COc1cc(C(=O)NCC(=O)N/N=C/C2CNNC2c2ccccc2)cc(OC)c1OC. The van der Waals surface area contributed by atoms with Crippen LogP contribution in [0.1, 0.15) is 22.0 Å². The van der Waals surface area contributed by atoms with Crippen LogP contribution in [-0.4, -0.2) is 52.4 Å². The second-order valence-electron chi connectivity index (χ2n) is 6.99. The van der Waals surface area contributed by atoms with Gasteiger partial charge in [-0.3, -0.25) is 15.0 Å². The van der Waals surface area contributed by atoms with E-state index in [0.717, 1.165) is 5.56 Å². The third-order valence-corrected chi connectivity index (χ3v) is 4.97. The minimum atomic E-state index is -0.461. The summed E-state index contributed by atoms with van der Waals surface area (Å²) in [7, 11) is 4.40. The van der Waals surface area contributed by atoms with Crippen LogP contribution in [0.3, 0.4) is 0 Å². The average molecular weight is 441 g/mol. The van der Waals surface area contributed by atoms with Gasteiger partial charge in [0, 0.05) is 24.2 Å². The summed E-state index contributed by atoms with van der Waals surface area (Å²) >= 11 is 0. The Hall–Kier alpha value is -3.63. The van der Waals surface area contributed by atoms with Gasteiger partial charge in [-0.2, -0.15) is 5.10 Å². The van der Waals surface area contributed by atoms with Crippen molar-refractivity contribution in [2.45, 2.75) is 6.04 Å². The van der Waals surface area contributed by atoms with Crippen LogP contribution in [0.15, 0.2) is 47.6 Å². The molecule has 4 N–H and O–H groups in total. The highest BCUT2D eigenvalue weighted by atomic mass is 16.5. The van der Waals surface area contributed by atoms with Gasteiger partial charge in [-0.25, -0.2) is 10.9 Å². The zero-order valence-corrected chi connectivity index (χ0v) is 18.2. The molecule has 10 nitrogen and oxygen atoms in total. The Bertz CT molecular complexity index is 941. The van der Waals surface area contributed by atoms with Crippen LogP contribution >= 0.6 is 0 Å². The molecule has 1 saturated heterocycles. The van der Waals surface area contributed by atoms with Crippen molar-refractivity contribution in [3.63, 3.8) is 0 Å². The van der Waals surface area contributed by atoms with E-state index in [1.54, 1.807) is 6.21 Å². The predicted molar refractivity (Wildman–Crippen MR) is 119 cm³/mol. The Balaban J connectivity index is 1.53. The van der Waals surface area contributed by atoms with Gasteiger partial charge >= 0.3 is 0 Å². The monoisotopic (exact) mass is 441 g/mol. The quantitative estimate of drug-likeness (QED) is 0.338. The topological polar surface area (TPSA) is 122 Å². The minimum absolute atomic E-state index is 0.0524. The maximum atomic E-state index is 12.5. The van der Waals surface area contributed by atoms with Gasteiger partial charge in [-0.1, -0.05) is 30.3 Å². The van der Waals surface area contributed by atoms with Crippen molar-refractivity contribution in [2.75, 3.05) is 34.4 Å². The molecule has 0 aromatic heterocycles. The van der Waals surface area contributed by atoms with E-state index in [1.165, 1.54) is 33.5 Å². The first-order valence-electron chi connectivity index (χ1n) is 10.0. The predicted octanol–water partition coefficient (Wildman–Crippen LogP) is 1.01. The molecule has 0 saturated carbocycles. The normalized spacial score (nSPS) is 17.7. The zero-order chi connectivity index (χ0) is 22.9. The van der Waals surface area contributed by atoms with Gasteiger partial charge in [-0.05, 0) is 17.7 Å². The molecule has 0 spiro atoms. The van der Waals surface area contributed by atoms with E-state index in [4.69, 9.17) is 14.2 Å². The highest BCUT2D eigenvalue weighted by Gasteiger charge is 2.26. The molecule has 0 bridgehead atoms. The molecule has 2 aromatic rings. The average Bonchev–Trinajstić information content (AvgIpc) is 3.30. The second kappa shape index (κ2) is 11.1. The molecular weight excluding hydrogens is 414 g/mol. The maximum Gasteiger partial charge on any atom is 0.259 e. The number of hydrazone groups is 1. The van der Waals surface area contributed by atoms with Crippen LogP contribution in [0, 0.1) is 5.92 Å². The number of carbonyl (C=O) groups is 2. The van der Waals surface area contributed by atoms with Crippen molar-refractivity contribution in [2.24, 2.45) is 11.0 Å². The van der Waals surface area contributed by atoms with Crippen LogP contribution in [-0.2, 0) is 4.79 Å². The van der Waals surface area contributed by atoms with E-state index in [2.05, 4.69) is 26.7 Å². The van der Waals surface area contributed by atoms with Crippen LogP contribution in [0.2, 0.25) is 0 Å². The Morgan fingerprint density at radius 3 is 2.41 bits per heavy atom. The first-order chi connectivity index (χ1) is 15.6. The largest absolute Gasteiger partial charge is 0.493 e. The molecule has 10 heteroatoms. The Morgan fingerprint density at radius 2 is 1.78 bits per heavy atom. The van der Waals surface area contributed by atoms with Crippen LogP contribution in [0.4, 0.5) is 0 Å². The number of hydrazine groups is 1. The molecule has 2 unspecified atom stereocenters. The summed E-state index contributed by atoms with van der Waals surface area (Å²) in [5.74, 6) is 0.222. The van der Waals surface area contributed by atoms with Crippen LogP contribution < -0.4 is 35.8 Å². The van der Waals surface area contributed by atoms with Crippen molar-refractivity contribution in [3.05, 3.63) is 53.6 Å². The maximum absolute atomic E-state index is 12.5. The Labute approximate surface area is 186 Å². The van der Waals surface area contributed by atoms with Gasteiger partial charge in [0.05, 0.1) is 33.9 Å². The number of amides is 2. The summed E-state index contributed by atoms with van der Waals surface area (Å²) in [4.78, 5) is 24.6.